The van der Waals surface area contributed by atoms with Gasteiger partial charge in [0.05, 0.1) is 24.1 Å². The molecule has 0 radical (unpaired) electrons. The third-order valence-corrected chi connectivity index (χ3v) is 3.75. The minimum Gasteiger partial charge on any atom is -0.395 e. The summed E-state index contributed by atoms with van der Waals surface area (Å²) in [6.07, 6.45) is 1.52. The van der Waals surface area contributed by atoms with Gasteiger partial charge in [0.25, 0.3) is 10.0 Å². The van der Waals surface area contributed by atoms with E-state index in [2.05, 4.69) is 26.8 Å². The zero-order valence-corrected chi connectivity index (χ0v) is 11.6. The van der Waals surface area contributed by atoms with Gasteiger partial charge in [-0.05, 0) is 24.3 Å². The van der Waals surface area contributed by atoms with Crippen molar-refractivity contribution in [3.05, 3.63) is 41.8 Å². The Morgan fingerprint density at radius 2 is 2.19 bits per heavy atom. The van der Waals surface area contributed by atoms with Crippen LogP contribution in [0.2, 0.25) is 0 Å². The average Bonchev–Trinajstić information content (AvgIpc) is 2.97. The monoisotopic (exact) mass is 309 g/mol. The summed E-state index contributed by atoms with van der Waals surface area (Å²) in [5.74, 6) is 4.70. The lowest BCUT2D eigenvalue weighted by molar-refractivity contribution is 0.305. The number of aliphatic hydroxyl groups excluding tert-OH is 1. The third-order valence-electron chi connectivity index (χ3n) is 2.45. The topological polar surface area (TPSA) is 95.1 Å². The van der Waals surface area contributed by atoms with E-state index in [0.717, 1.165) is 12.1 Å². The second-order valence-corrected chi connectivity index (χ2v) is 5.64. The summed E-state index contributed by atoms with van der Waals surface area (Å²) < 4.78 is 39.7. The molecule has 0 amide bonds. The summed E-state index contributed by atoms with van der Waals surface area (Å²) in [6, 6.07) is 4.83. The van der Waals surface area contributed by atoms with E-state index in [1.54, 1.807) is 0 Å². The number of halogens is 1. The van der Waals surface area contributed by atoms with Crippen LogP contribution < -0.4 is 4.72 Å². The Balaban J connectivity index is 2.34. The molecule has 0 atom stereocenters. The van der Waals surface area contributed by atoms with Crippen LogP contribution in [0.3, 0.4) is 0 Å². The number of aromatic amines is 1. The fourth-order valence-electron chi connectivity index (χ4n) is 1.52. The van der Waals surface area contributed by atoms with Gasteiger partial charge in [0, 0.05) is 6.42 Å². The molecule has 0 aliphatic heterocycles. The largest absolute Gasteiger partial charge is 0.395 e. The standard InChI is InChI=1S/C13H12FN3O3S/c14-11-4-5-12(10(9-11)3-1-2-8-18)17-21(19,20)13-6-7-15-16-13/h4-7,9,17-18H,2,8H2,(H,15,16). The smallest absolute Gasteiger partial charge is 0.278 e. The van der Waals surface area contributed by atoms with Crippen molar-refractivity contribution in [3.63, 3.8) is 0 Å². The number of hydrogen-bond acceptors (Lipinski definition) is 4. The molecule has 0 aliphatic rings. The van der Waals surface area contributed by atoms with Gasteiger partial charge in [-0.2, -0.15) is 13.5 Å². The van der Waals surface area contributed by atoms with E-state index in [-0.39, 0.29) is 29.3 Å². The van der Waals surface area contributed by atoms with Crippen molar-refractivity contribution in [2.75, 3.05) is 11.3 Å². The lowest BCUT2D eigenvalue weighted by Gasteiger charge is -2.08. The number of nitrogens with one attached hydrogen (secondary N) is 2. The zero-order valence-electron chi connectivity index (χ0n) is 10.8. The van der Waals surface area contributed by atoms with Gasteiger partial charge in [-0.15, -0.1) is 0 Å². The van der Waals surface area contributed by atoms with Crippen LogP contribution >= 0.6 is 0 Å². The molecule has 1 aromatic heterocycles. The molecule has 110 valence electrons. The van der Waals surface area contributed by atoms with Crippen LogP contribution in [0.4, 0.5) is 10.1 Å². The van der Waals surface area contributed by atoms with Crippen LogP contribution in [0.25, 0.3) is 0 Å². The normalized spacial score (nSPS) is 10.8. The molecule has 0 saturated carbocycles. The molecule has 0 unspecified atom stereocenters. The van der Waals surface area contributed by atoms with E-state index in [4.69, 9.17) is 5.11 Å². The zero-order chi connectivity index (χ0) is 15.3. The second kappa shape index (κ2) is 6.39. The minimum absolute atomic E-state index is 0.110. The van der Waals surface area contributed by atoms with Gasteiger partial charge in [-0.25, -0.2) is 4.39 Å². The van der Waals surface area contributed by atoms with Crippen molar-refractivity contribution in [2.24, 2.45) is 0 Å². The number of hydrogen-bond donors (Lipinski definition) is 3. The summed E-state index contributed by atoms with van der Waals surface area (Å²) in [7, 11) is -3.84. The Hall–Kier alpha value is -2.37. The fraction of sp³-hybridized carbons (Fsp3) is 0.154. The molecule has 0 aliphatic carbocycles. The first-order valence-corrected chi connectivity index (χ1v) is 7.43. The molecule has 1 aromatic carbocycles. The predicted octanol–water partition coefficient (Wildman–Crippen LogP) is 1.08. The van der Waals surface area contributed by atoms with Crippen LogP contribution in [0.15, 0.2) is 35.5 Å². The second-order valence-electron chi connectivity index (χ2n) is 3.99. The summed E-state index contributed by atoms with van der Waals surface area (Å²) in [4.78, 5) is 0. The van der Waals surface area contributed by atoms with Gasteiger partial charge < -0.3 is 5.11 Å². The van der Waals surface area contributed by atoms with Gasteiger partial charge in [-0.3, -0.25) is 9.82 Å². The van der Waals surface area contributed by atoms with Gasteiger partial charge >= 0.3 is 0 Å². The number of rotatable bonds is 4. The van der Waals surface area contributed by atoms with E-state index < -0.39 is 15.8 Å². The van der Waals surface area contributed by atoms with Crippen LogP contribution in [0.5, 0.6) is 0 Å². The number of aromatic nitrogens is 2. The molecule has 0 bridgehead atoms. The van der Waals surface area contributed by atoms with Gasteiger partial charge in [0.15, 0.2) is 5.03 Å². The van der Waals surface area contributed by atoms with Gasteiger partial charge in [-0.1, -0.05) is 11.8 Å². The van der Waals surface area contributed by atoms with Crippen molar-refractivity contribution >= 4 is 15.7 Å². The van der Waals surface area contributed by atoms with E-state index in [1.165, 1.54) is 18.3 Å². The SMILES string of the molecule is O=S(=O)(Nc1ccc(F)cc1C#CCCO)c1ccn[nH]1. The van der Waals surface area contributed by atoms with E-state index >= 15 is 0 Å². The summed E-state index contributed by atoms with van der Waals surface area (Å²) >= 11 is 0. The quantitative estimate of drug-likeness (QED) is 0.737. The molecule has 0 spiro atoms. The Morgan fingerprint density at radius 3 is 2.86 bits per heavy atom. The molecule has 8 heteroatoms. The summed E-state index contributed by atoms with van der Waals surface area (Å²) in [5, 5.41) is 14.5. The molecule has 3 N–H and O–H groups in total. The highest BCUT2D eigenvalue weighted by atomic mass is 32.2. The number of nitrogens with zero attached hydrogens (tertiary/aromatic N) is 1. The van der Waals surface area contributed by atoms with Crippen molar-refractivity contribution in [2.45, 2.75) is 11.4 Å². The van der Waals surface area contributed by atoms with Crippen molar-refractivity contribution in [3.8, 4) is 11.8 Å². The number of anilines is 1. The molecule has 0 saturated heterocycles. The highest BCUT2D eigenvalue weighted by Gasteiger charge is 2.17. The number of sulfonamides is 1. The molecule has 6 nitrogen and oxygen atoms in total. The van der Waals surface area contributed by atoms with Crippen LogP contribution in [0.1, 0.15) is 12.0 Å². The van der Waals surface area contributed by atoms with Gasteiger partial charge in [0.1, 0.15) is 5.82 Å². The fourth-order valence-corrected chi connectivity index (χ4v) is 2.51. The molecular formula is C13H12FN3O3S. The van der Waals surface area contributed by atoms with Crippen LogP contribution in [-0.2, 0) is 10.0 Å². The lowest BCUT2D eigenvalue weighted by atomic mass is 10.2. The van der Waals surface area contributed by atoms with E-state index in [0.29, 0.717) is 0 Å². The minimum atomic E-state index is -3.84. The van der Waals surface area contributed by atoms with Crippen molar-refractivity contribution in [1.29, 1.82) is 0 Å². The van der Waals surface area contributed by atoms with Crippen LogP contribution in [0, 0.1) is 17.7 Å². The Bertz CT molecular complexity index is 777. The van der Waals surface area contributed by atoms with Crippen LogP contribution in [-0.4, -0.2) is 30.3 Å². The number of aliphatic hydroxyl groups is 1. The van der Waals surface area contributed by atoms with Crippen molar-refractivity contribution < 1.29 is 17.9 Å². The van der Waals surface area contributed by atoms with E-state index in [9.17, 15) is 12.8 Å². The maximum absolute atomic E-state index is 13.3. The average molecular weight is 309 g/mol. The molecule has 0 fully saturated rings. The number of benzene rings is 1. The molecular weight excluding hydrogens is 297 g/mol. The number of H-pyrrole nitrogens is 1. The maximum Gasteiger partial charge on any atom is 0.278 e. The predicted molar refractivity (Wildman–Crippen MR) is 74.4 cm³/mol. The maximum atomic E-state index is 13.3. The molecule has 2 rings (SSSR count). The summed E-state index contributed by atoms with van der Waals surface area (Å²) in [5.41, 5.74) is 0.336. The Labute approximate surface area is 121 Å². The molecule has 21 heavy (non-hydrogen) atoms. The van der Waals surface area contributed by atoms with E-state index in [1.807, 2.05) is 0 Å². The Kier molecular flexibility index (Phi) is 4.57. The first-order chi connectivity index (χ1) is 10.0. The first-order valence-electron chi connectivity index (χ1n) is 5.94. The molecule has 2 aromatic rings. The Morgan fingerprint density at radius 1 is 1.38 bits per heavy atom. The first kappa shape index (κ1) is 15.0. The third kappa shape index (κ3) is 3.81. The van der Waals surface area contributed by atoms with Gasteiger partial charge in [0.2, 0.25) is 0 Å². The molecule has 1 heterocycles. The van der Waals surface area contributed by atoms with Crippen molar-refractivity contribution in [1.82, 2.24) is 10.2 Å². The summed E-state index contributed by atoms with van der Waals surface area (Å²) in [6.45, 7) is -0.127. The highest BCUT2D eigenvalue weighted by molar-refractivity contribution is 7.92. The highest BCUT2D eigenvalue weighted by Crippen LogP contribution is 2.19. The lowest BCUT2D eigenvalue weighted by Crippen LogP contribution is -2.14.